The van der Waals surface area contributed by atoms with Crippen LogP contribution in [0.4, 0.5) is 0 Å². The minimum Gasteiger partial charge on any atom is -0.495 e. The Balaban J connectivity index is 3.67. The predicted molar refractivity (Wildman–Crippen MR) is 67.2 cm³/mol. The standard InChI is InChI=1S/C12H13ClO6/c1-16-7-5-6(11(14)18-3)8(12(15)19-4)10(17-2)9(7)13/h5H,1-4H3. The van der Waals surface area contributed by atoms with Crippen molar-refractivity contribution in [3.05, 3.63) is 22.2 Å². The number of rotatable bonds is 4. The van der Waals surface area contributed by atoms with Gasteiger partial charge in [-0.3, -0.25) is 0 Å². The first-order valence-corrected chi connectivity index (χ1v) is 5.50. The zero-order valence-electron chi connectivity index (χ0n) is 10.9. The van der Waals surface area contributed by atoms with Crippen molar-refractivity contribution >= 4 is 23.5 Å². The van der Waals surface area contributed by atoms with Gasteiger partial charge in [0.15, 0.2) is 5.75 Å². The first-order valence-electron chi connectivity index (χ1n) is 5.12. The third-order valence-electron chi connectivity index (χ3n) is 2.41. The van der Waals surface area contributed by atoms with E-state index in [4.69, 9.17) is 21.1 Å². The van der Waals surface area contributed by atoms with Gasteiger partial charge in [-0.15, -0.1) is 0 Å². The van der Waals surface area contributed by atoms with Crippen molar-refractivity contribution in [2.24, 2.45) is 0 Å². The molecule has 0 bridgehead atoms. The highest BCUT2D eigenvalue weighted by molar-refractivity contribution is 6.34. The lowest BCUT2D eigenvalue weighted by molar-refractivity contribution is 0.0551. The van der Waals surface area contributed by atoms with Crippen molar-refractivity contribution in [1.82, 2.24) is 0 Å². The number of halogens is 1. The average Bonchev–Trinajstić information content (AvgIpc) is 2.44. The summed E-state index contributed by atoms with van der Waals surface area (Å²) in [6, 6.07) is 1.29. The van der Waals surface area contributed by atoms with E-state index in [9.17, 15) is 9.59 Å². The summed E-state index contributed by atoms with van der Waals surface area (Å²) in [5.74, 6) is -1.31. The molecule has 0 aliphatic carbocycles. The van der Waals surface area contributed by atoms with E-state index in [1.807, 2.05) is 0 Å². The second-order valence-electron chi connectivity index (χ2n) is 3.33. The smallest absolute Gasteiger partial charge is 0.342 e. The third-order valence-corrected chi connectivity index (χ3v) is 2.76. The molecule has 19 heavy (non-hydrogen) atoms. The molecule has 0 fully saturated rings. The van der Waals surface area contributed by atoms with E-state index >= 15 is 0 Å². The fourth-order valence-corrected chi connectivity index (χ4v) is 1.83. The Morgan fingerprint density at radius 2 is 1.58 bits per heavy atom. The molecule has 6 nitrogen and oxygen atoms in total. The van der Waals surface area contributed by atoms with E-state index in [1.165, 1.54) is 34.5 Å². The molecule has 0 heterocycles. The molecule has 0 spiro atoms. The Morgan fingerprint density at radius 3 is 2.00 bits per heavy atom. The molecule has 0 aliphatic rings. The highest BCUT2D eigenvalue weighted by atomic mass is 35.5. The van der Waals surface area contributed by atoms with Crippen molar-refractivity contribution in [1.29, 1.82) is 0 Å². The van der Waals surface area contributed by atoms with Gasteiger partial charge in [0.2, 0.25) is 0 Å². The van der Waals surface area contributed by atoms with E-state index in [-0.39, 0.29) is 27.6 Å². The van der Waals surface area contributed by atoms with E-state index in [0.717, 1.165) is 0 Å². The molecule has 0 atom stereocenters. The van der Waals surface area contributed by atoms with Gasteiger partial charge in [0, 0.05) is 0 Å². The highest BCUT2D eigenvalue weighted by Gasteiger charge is 2.28. The van der Waals surface area contributed by atoms with Crippen LogP contribution in [0.15, 0.2) is 6.07 Å². The van der Waals surface area contributed by atoms with Crippen LogP contribution in [-0.2, 0) is 9.47 Å². The largest absolute Gasteiger partial charge is 0.495 e. The molecule has 0 aliphatic heterocycles. The van der Waals surface area contributed by atoms with Crippen LogP contribution >= 0.6 is 11.6 Å². The second-order valence-corrected chi connectivity index (χ2v) is 3.71. The van der Waals surface area contributed by atoms with E-state index in [1.54, 1.807) is 0 Å². The second kappa shape index (κ2) is 6.29. The molecule has 1 aromatic carbocycles. The minimum atomic E-state index is -0.762. The van der Waals surface area contributed by atoms with Crippen LogP contribution in [0.25, 0.3) is 0 Å². The number of hydrogen-bond donors (Lipinski definition) is 0. The van der Waals surface area contributed by atoms with Crippen LogP contribution in [0.3, 0.4) is 0 Å². The summed E-state index contributed by atoms with van der Waals surface area (Å²) in [7, 11) is 5.06. The van der Waals surface area contributed by atoms with Gasteiger partial charge in [-0.1, -0.05) is 11.6 Å². The van der Waals surface area contributed by atoms with Gasteiger partial charge in [0.1, 0.15) is 16.3 Å². The zero-order chi connectivity index (χ0) is 14.6. The van der Waals surface area contributed by atoms with E-state index < -0.39 is 11.9 Å². The van der Waals surface area contributed by atoms with Crippen molar-refractivity contribution in [3.8, 4) is 11.5 Å². The Bertz CT molecular complexity index is 511. The summed E-state index contributed by atoms with van der Waals surface area (Å²) >= 11 is 6.03. The van der Waals surface area contributed by atoms with Crippen molar-refractivity contribution < 1.29 is 28.5 Å². The van der Waals surface area contributed by atoms with Crippen molar-refractivity contribution in [3.63, 3.8) is 0 Å². The SMILES string of the molecule is COC(=O)c1cc(OC)c(Cl)c(OC)c1C(=O)OC. The van der Waals surface area contributed by atoms with Gasteiger partial charge in [-0.05, 0) is 6.07 Å². The van der Waals surface area contributed by atoms with Crippen LogP contribution in [0, 0.1) is 0 Å². The molecule has 104 valence electrons. The summed E-state index contributed by atoms with van der Waals surface area (Å²) in [5, 5.41) is 0.0676. The summed E-state index contributed by atoms with van der Waals surface area (Å²) in [6.07, 6.45) is 0. The quantitative estimate of drug-likeness (QED) is 0.788. The molecule has 0 saturated heterocycles. The lowest BCUT2D eigenvalue weighted by atomic mass is 10.1. The van der Waals surface area contributed by atoms with Crippen molar-refractivity contribution in [2.75, 3.05) is 28.4 Å². The van der Waals surface area contributed by atoms with Gasteiger partial charge in [-0.2, -0.15) is 0 Å². The Hall–Kier alpha value is -1.95. The van der Waals surface area contributed by atoms with E-state index in [2.05, 4.69) is 9.47 Å². The van der Waals surface area contributed by atoms with Crippen LogP contribution in [-0.4, -0.2) is 40.4 Å². The first kappa shape index (κ1) is 15.1. The molecule has 0 amide bonds. The molecule has 0 N–H and O–H groups in total. The molecule has 7 heteroatoms. The van der Waals surface area contributed by atoms with Crippen LogP contribution in [0.1, 0.15) is 20.7 Å². The normalized spacial score (nSPS) is 9.74. The molecule has 0 radical (unpaired) electrons. The van der Waals surface area contributed by atoms with Crippen molar-refractivity contribution in [2.45, 2.75) is 0 Å². The van der Waals surface area contributed by atoms with E-state index in [0.29, 0.717) is 0 Å². The number of carbonyl (C=O) groups is 2. The lowest BCUT2D eigenvalue weighted by Gasteiger charge is -2.15. The maximum Gasteiger partial charge on any atom is 0.342 e. The number of methoxy groups -OCH3 is 4. The molecule has 0 saturated carbocycles. The fourth-order valence-electron chi connectivity index (χ4n) is 1.53. The third kappa shape index (κ3) is 2.73. The highest BCUT2D eigenvalue weighted by Crippen LogP contribution is 2.39. The minimum absolute atomic E-state index is 0.00623. The number of ether oxygens (including phenoxy) is 4. The van der Waals surface area contributed by atoms with Crippen LogP contribution < -0.4 is 9.47 Å². The summed E-state index contributed by atoms with van der Waals surface area (Å²) in [6.45, 7) is 0. The first-order chi connectivity index (χ1) is 9.01. The predicted octanol–water partition coefficient (Wildman–Crippen LogP) is 1.93. The van der Waals surface area contributed by atoms with Crippen LogP contribution in [0.5, 0.6) is 11.5 Å². The van der Waals surface area contributed by atoms with Gasteiger partial charge in [0.25, 0.3) is 0 Å². The van der Waals surface area contributed by atoms with Gasteiger partial charge in [-0.25, -0.2) is 9.59 Å². The Kier molecular flexibility index (Phi) is 5.00. The lowest BCUT2D eigenvalue weighted by Crippen LogP contribution is -2.14. The number of esters is 2. The Morgan fingerprint density at radius 1 is 1.00 bits per heavy atom. The summed E-state index contributed by atoms with van der Waals surface area (Å²) < 4.78 is 19.3. The monoisotopic (exact) mass is 288 g/mol. The molecule has 1 rings (SSSR count). The van der Waals surface area contributed by atoms with Gasteiger partial charge in [0.05, 0.1) is 34.0 Å². The fraction of sp³-hybridized carbons (Fsp3) is 0.333. The summed E-state index contributed by atoms with van der Waals surface area (Å²) in [4.78, 5) is 23.5. The molecule has 0 aromatic heterocycles. The van der Waals surface area contributed by atoms with Gasteiger partial charge >= 0.3 is 11.9 Å². The average molecular weight is 289 g/mol. The number of carbonyl (C=O) groups excluding carboxylic acids is 2. The molecule has 1 aromatic rings. The van der Waals surface area contributed by atoms with Gasteiger partial charge < -0.3 is 18.9 Å². The molecular formula is C12H13ClO6. The number of hydrogen-bond acceptors (Lipinski definition) is 6. The Labute approximate surface area is 115 Å². The molecular weight excluding hydrogens is 276 g/mol. The summed E-state index contributed by atoms with van der Waals surface area (Å²) in [5.41, 5.74) is -0.157. The topological polar surface area (TPSA) is 71.1 Å². The maximum atomic E-state index is 11.8. The molecule has 0 unspecified atom stereocenters. The zero-order valence-corrected chi connectivity index (χ0v) is 11.7. The maximum absolute atomic E-state index is 11.8. The number of benzene rings is 1. The van der Waals surface area contributed by atoms with Crippen LogP contribution in [0.2, 0.25) is 5.02 Å².